The van der Waals surface area contributed by atoms with E-state index in [9.17, 15) is 13.2 Å². The van der Waals surface area contributed by atoms with Crippen molar-refractivity contribution in [2.24, 2.45) is 0 Å². The lowest BCUT2D eigenvalue weighted by Gasteiger charge is -2.16. The number of anilines is 1. The van der Waals surface area contributed by atoms with Crippen molar-refractivity contribution in [2.75, 3.05) is 23.9 Å². The van der Waals surface area contributed by atoms with E-state index in [4.69, 9.17) is 4.74 Å². The smallest absolute Gasteiger partial charge is 0.250 e. The van der Waals surface area contributed by atoms with Gasteiger partial charge in [-0.25, -0.2) is 13.4 Å². The van der Waals surface area contributed by atoms with E-state index in [-0.39, 0.29) is 4.21 Å². The Kier molecular flexibility index (Phi) is 7.52. The van der Waals surface area contributed by atoms with Gasteiger partial charge in [0.15, 0.2) is 5.13 Å². The van der Waals surface area contributed by atoms with E-state index >= 15 is 0 Å². The average Bonchev–Trinajstić information content (AvgIpc) is 3.35. The molecule has 29 heavy (non-hydrogen) atoms. The van der Waals surface area contributed by atoms with Crippen molar-refractivity contribution in [1.82, 2.24) is 9.71 Å². The van der Waals surface area contributed by atoms with E-state index in [1.54, 1.807) is 23.2 Å². The van der Waals surface area contributed by atoms with Gasteiger partial charge in [-0.05, 0) is 55.0 Å². The summed E-state index contributed by atoms with van der Waals surface area (Å²) in [4.78, 5) is 17.2. The SMILES string of the molecule is CCOc1ccc2nc(NC(=O)[C@@H](CCSC)NS(=O)(=O)c3cccs3)sc2c1. The minimum absolute atomic E-state index is 0.183. The minimum Gasteiger partial charge on any atom is -0.494 e. The zero-order chi connectivity index (χ0) is 20.9. The highest BCUT2D eigenvalue weighted by atomic mass is 32.2. The molecule has 1 aromatic carbocycles. The van der Waals surface area contributed by atoms with Gasteiger partial charge in [0.05, 0.1) is 16.8 Å². The molecule has 2 heterocycles. The third-order valence-electron chi connectivity index (χ3n) is 3.89. The second-order valence-electron chi connectivity index (χ2n) is 5.96. The van der Waals surface area contributed by atoms with E-state index in [1.807, 2.05) is 31.4 Å². The molecule has 0 saturated carbocycles. The fraction of sp³-hybridized carbons (Fsp3) is 0.333. The van der Waals surface area contributed by atoms with Gasteiger partial charge in [0.2, 0.25) is 5.91 Å². The molecule has 0 radical (unpaired) electrons. The van der Waals surface area contributed by atoms with E-state index in [1.165, 1.54) is 17.4 Å². The summed E-state index contributed by atoms with van der Waals surface area (Å²) in [6, 6.07) is 7.82. The lowest BCUT2D eigenvalue weighted by molar-refractivity contribution is -0.117. The molecule has 156 valence electrons. The molecule has 3 rings (SSSR count). The molecular weight excluding hydrogens is 450 g/mol. The van der Waals surface area contributed by atoms with Crippen molar-refractivity contribution in [3.05, 3.63) is 35.7 Å². The summed E-state index contributed by atoms with van der Waals surface area (Å²) in [5, 5.41) is 4.86. The van der Waals surface area contributed by atoms with E-state index in [0.717, 1.165) is 27.3 Å². The number of thioether (sulfide) groups is 1. The van der Waals surface area contributed by atoms with Crippen molar-refractivity contribution in [1.29, 1.82) is 0 Å². The molecule has 0 bridgehead atoms. The van der Waals surface area contributed by atoms with Crippen LogP contribution in [0.25, 0.3) is 10.2 Å². The highest BCUT2D eigenvalue weighted by Gasteiger charge is 2.26. The zero-order valence-electron chi connectivity index (χ0n) is 15.9. The first-order chi connectivity index (χ1) is 13.9. The second kappa shape index (κ2) is 9.90. The zero-order valence-corrected chi connectivity index (χ0v) is 19.1. The van der Waals surface area contributed by atoms with Crippen molar-refractivity contribution < 1.29 is 17.9 Å². The number of benzene rings is 1. The third kappa shape index (κ3) is 5.70. The summed E-state index contributed by atoms with van der Waals surface area (Å²) in [7, 11) is -3.76. The summed E-state index contributed by atoms with van der Waals surface area (Å²) in [6.45, 7) is 2.48. The van der Waals surface area contributed by atoms with Crippen LogP contribution in [0, 0.1) is 0 Å². The Morgan fingerprint density at radius 2 is 2.17 bits per heavy atom. The third-order valence-corrected chi connectivity index (χ3v) is 8.33. The molecule has 0 aliphatic rings. The standard InChI is InChI=1S/C18H21N3O4S4/c1-3-25-12-6-7-13-15(11-12)28-18(19-13)20-17(22)14(8-10-26-2)21-29(23,24)16-5-4-9-27-16/h4-7,9,11,14,21H,3,8,10H2,1-2H3,(H,19,20,22)/t14-/m1/s1. The first kappa shape index (κ1) is 22.0. The van der Waals surface area contributed by atoms with Gasteiger partial charge >= 0.3 is 0 Å². The van der Waals surface area contributed by atoms with Gasteiger partial charge in [0.1, 0.15) is 16.0 Å². The maximum Gasteiger partial charge on any atom is 0.250 e. The summed E-state index contributed by atoms with van der Waals surface area (Å²) >= 11 is 3.98. The van der Waals surface area contributed by atoms with Gasteiger partial charge < -0.3 is 10.1 Å². The van der Waals surface area contributed by atoms with Crippen molar-refractivity contribution in [3.8, 4) is 5.75 Å². The lowest BCUT2D eigenvalue weighted by atomic mass is 10.2. The molecule has 0 spiro atoms. The highest BCUT2D eigenvalue weighted by Crippen LogP contribution is 2.29. The van der Waals surface area contributed by atoms with Gasteiger partial charge in [-0.3, -0.25) is 4.79 Å². The molecule has 1 atom stereocenters. The van der Waals surface area contributed by atoms with Gasteiger partial charge in [0.25, 0.3) is 10.0 Å². The van der Waals surface area contributed by atoms with E-state index in [0.29, 0.717) is 23.9 Å². The normalized spacial score (nSPS) is 12.8. The lowest BCUT2D eigenvalue weighted by Crippen LogP contribution is -2.43. The Balaban J connectivity index is 1.76. The average molecular weight is 472 g/mol. The summed E-state index contributed by atoms with van der Waals surface area (Å²) in [5.41, 5.74) is 0.744. The van der Waals surface area contributed by atoms with E-state index < -0.39 is 22.0 Å². The Hall–Kier alpha value is -1.66. The molecule has 0 saturated heterocycles. The number of thiophene rings is 1. The maximum absolute atomic E-state index is 12.8. The monoisotopic (exact) mass is 471 g/mol. The Morgan fingerprint density at radius 1 is 1.34 bits per heavy atom. The number of nitrogens with zero attached hydrogens (tertiary/aromatic N) is 1. The highest BCUT2D eigenvalue weighted by molar-refractivity contribution is 7.98. The molecule has 2 N–H and O–H groups in total. The van der Waals surface area contributed by atoms with Gasteiger partial charge in [-0.15, -0.1) is 11.3 Å². The summed E-state index contributed by atoms with van der Waals surface area (Å²) < 4.78 is 34.2. The predicted molar refractivity (Wildman–Crippen MR) is 121 cm³/mol. The molecule has 0 fully saturated rings. The molecular formula is C18H21N3O4S4. The summed E-state index contributed by atoms with van der Waals surface area (Å²) in [5.74, 6) is 0.953. The number of aromatic nitrogens is 1. The van der Waals surface area contributed by atoms with Crippen molar-refractivity contribution >= 4 is 65.7 Å². The van der Waals surface area contributed by atoms with Crippen LogP contribution in [0.2, 0.25) is 0 Å². The van der Waals surface area contributed by atoms with Crippen LogP contribution in [-0.2, 0) is 14.8 Å². The van der Waals surface area contributed by atoms with Gasteiger partial charge in [0, 0.05) is 0 Å². The van der Waals surface area contributed by atoms with Gasteiger partial charge in [-0.1, -0.05) is 17.4 Å². The number of rotatable bonds is 10. The number of hydrogen-bond donors (Lipinski definition) is 2. The second-order valence-corrected chi connectivity index (χ2v) is 10.9. The summed E-state index contributed by atoms with van der Waals surface area (Å²) in [6.07, 6.45) is 2.28. The van der Waals surface area contributed by atoms with Crippen LogP contribution < -0.4 is 14.8 Å². The minimum atomic E-state index is -3.76. The number of carbonyl (C=O) groups is 1. The first-order valence-electron chi connectivity index (χ1n) is 8.82. The number of thiazole rings is 1. The molecule has 0 aliphatic carbocycles. The number of carbonyl (C=O) groups excluding carboxylic acids is 1. The molecule has 2 aromatic heterocycles. The molecule has 0 unspecified atom stereocenters. The van der Waals surface area contributed by atoms with Crippen LogP contribution in [0.3, 0.4) is 0 Å². The van der Waals surface area contributed by atoms with Crippen molar-refractivity contribution in [3.63, 3.8) is 0 Å². The van der Waals surface area contributed by atoms with Crippen LogP contribution in [0.5, 0.6) is 5.75 Å². The van der Waals surface area contributed by atoms with Crippen LogP contribution >= 0.6 is 34.4 Å². The number of fused-ring (bicyclic) bond motifs is 1. The number of sulfonamides is 1. The van der Waals surface area contributed by atoms with Crippen LogP contribution in [0.15, 0.2) is 39.9 Å². The number of nitrogens with one attached hydrogen (secondary N) is 2. The first-order valence-corrected chi connectivity index (χ1v) is 13.4. The predicted octanol–water partition coefficient (Wildman–Crippen LogP) is 3.80. The van der Waals surface area contributed by atoms with Crippen molar-refractivity contribution in [2.45, 2.75) is 23.6 Å². The fourth-order valence-electron chi connectivity index (χ4n) is 2.55. The molecule has 11 heteroatoms. The molecule has 7 nitrogen and oxygen atoms in total. The van der Waals surface area contributed by atoms with E-state index in [2.05, 4.69) is 15.0 Å². The van der Waals surface area contributed by atoms with Crippen LogP contribution in [-0.4, -0.2) is 44.0 Å². The Labute approximate surface area is 181 Å². The molecule has 1 amide bonds. The number of amides is 1. The Morgan fingerprint density at radius 3 is 2.86 bits per heavy atom. The molecule has 3 aromatic rings. The fourth-order valence-corrected chi connectivity index (χ4v) is 6.16. The van der Waals surface area contributed by atoms with Gasteiger partial charge in [-0.2, -0.15) is 16.5 Å². The quantitative estimate of drug-likeness (QED) is 0.467. The topological polar surface area (TPSA) is 97.4 Å². The molecule has 0 aliphatic heterocycles. The number of hydrogen-bond acceptors (Lipinski definition) is 8. The maximum atomic E-state index is 12.8. The van der Waals surface area contributed by atoms with Crippen LogP contribution in [0.1, 0.15) is 13.3 Å². The Bertz CT molecular complexity index is 1060. The largest absolute Gasteiger partial charge is 0.494 e. The van der Waals surface area contributed by atoms with Crippen LogP contribution in [0.4, 0.5) is 5.13 Å². The number of ether oxygens (including phenoxy) is 1.